The first-order valence-corrected chi connectivity index (χ1v) is 7.91. The van der Waals surface area contributed by atoms with Crippen molar-refractivity contribution in [2.24, 2.45) is 0 Å². The number of esters is 1. The van der Waals surface area contributed by atoms with E-state index in [9.17, 15) is 23.1 Å². The number of aryl methyl sites for hydroxylation is 1. The predicted octanol–water partition coefficient (Wildman–Crippen LogP) is 4.78. The fourth-order valence-corrected chi connectivity index (χ4v) is 2.41. The van der Waals surface area contributed by atoms with Gasteiger partial charge in [-0.1, -0.05) is 48.0 Å². The first-order chi connectivity index (χ1) is 12.2. The van der Waals surface area contributed by atoms with Gasteiger partial charge in [0.2, 0.25) is 0 Å². The number of aliphatic hydroxyl groups excluding tert-OH is 1. The van der Waals surface area contributed by atoms with E-state index in [1.165, 1.54) is 6.07 Å². The van der Waals surface area contributed by atoms with Crippen LogP contribution in [0.3, 0.4) is 0 Å². The maximum atomic E-state index is 13.0. The quantitative estimate of drug-likeness (QED) is 0.613. The van der Waals surface area contributed by atoms with Crippen LogP contribution in [-0.2, 0) is 15.7 Å². The van der Waals surface area contributed by atoms with E-state index in [0.29, 0.717) is 5.56 Å². The third-order valence-corrected chi connectivity index (χ3v) is 3.89. The highest BCUT2D eigenvalue weighted by atomic mass is 19.4. The molecule has 0 saturated heterocycles. The van der Waals surface area contributed by atoms with Gasteiger partial charge in [-0.2, -0.15) is 13.2 Å². The molecule has 1 N–H and O–H groups in total. The highest BCUT2D eigenvalue weighted by Gasteiger charge is 2.31. The lowest BCUT2D eigenvalue weighted by atomic mass is 9.96. The van der Waals surface area contributed by atoms with Gasteiger partial charge in [0.25, 0.3) is 0 Å². The molecule has 0 fully saturated rings. The van der Waals surface area contributed by atoms with Gasteiger partial charge in [0, 0.05) is 0 Å². The van der Waals surface area contributed by atoms with Gasteiger partial charge < -0.3 is 9.84 Å². The standard InChI is InChI=1S/C20H19F3O3/c1-13-3-5-14(6-4-13)7-8-15-9-10-16(20(21,22)23)11-17(15)18(24)12-19(25)26-2/h3-11,18,24H,12H2,1-2H3/b8-7+. The number of ether oxygens (including phenoxy) is 1. The molecule has 0 aliphatic carbocycles. The highest BCUT2D eigenvalue weighted by molar-refractivity contribution is 5.73. The Morgan fingerprint density at radius 2 is 1.81 bits per heavy atom. The number of hydrogen-bond acceptors (Lipinski definition) is 3. The molecule has 0 bridgehead atoms. The summed E-state index contributed by atoms with van der Waals surface area (Å²) < 4.78 is 43.4. The van der Waals surface area contributed by atoms with Gasteiger partial charge in [-0.05, 0) is 35.7 Å². The molecular formula is C20H19F3O3. The zero-order chi connectivity index (χ0) is 19.3. The van der Waals surface area contributed by atoms with Crippen molar-refractivity contribution in [2.45, 2.75) is 25.6 Å². The number of halogens is 3. The maximum Gasteiger partial charge on any atom is 0.416 e. The fraction of sp³-hybridized carbons (Fsp3) is 0.250. The number of rotatable bonds is 5. The Hall–Kier alpha value is -2.60. The molecule has 3 nitrogen and oxygen atoms in total. The van der Waals surface area contributed by atoms with Crippen LogP contribution >= 0.6 is 0 Å². The smallest absolute Gasteiger partial charge is 0.416 e. The van der Waals surface area contributed by atoms with Crippen molar-refractivity contribution in [3.05, 3.63) is 70.3 Å². The normalized spacial score (nSPS) is 13.0. The average Bonchev–Trinajstić information content (AvgIpc) is 2.60. The summed E-state index contributed by atoms with van der Waals surface area (Å²) in [5, 5.41) is 10.2. The van der Waals surface area contributed by atoms with E-state index in [0.717, 1.165) is 30.4 Å². The number of aliphatic hydroxyl groups is 1. The van der Waals surface area contributed by atoms with Crippen LogP contribution in [0.5, 0.6) is 0 Å². The lowest BCUT2D eigenvalue weighted by Crippen LogP contribution is -2.12. The summed E-state index contributed by atoms with van der Waals surface area (Å²) in [7, 11) is 1.15. The second-order valence-corrected chi connectivity index (χ2v) is 5.88. The van der Waals surface area contributed by atoms with Gasteiger partial charge >= 0.3 is 12.1 Å². The van der Waals surface area contributed by atoms with Crippen LogP contribution in [0.1, 0.15) is 40.3 Å². The summed E-state index contributed by atoms with van der Waals surface area (Å²) in [6.45, 7) is 1.95. The molecular weight excluding hydrogens is 345 g/mol. The lowest BCUT2D eigenvalue weighted by Gasteiger charge is -2.16. The fourth-order valence-electron chi connectivity index (χ4n) is 2.41. The van der Waals surface area contributed by atoms with E-state index in [4.69, 9.17) is 0 Å². The van der Waals surface area contributed by atoms with Crippen molar-refractivity contribution in [3.63, 3.8) is 0 Å². The molecule has 0 aliphatic rings. The number of hydrogen-bond donors (Lipinski definition) is 1. The summed E-state index contributed by atoms with van der Waals surface area (Å²) in [5.41, 5.74) is 1.49. The van der Waals surface area contributed by atoms with E-state index in [2.05, 4.69) is 4.74 Å². The number of benzene rings is 2. The van der Waals surface area contributed by atoms with Crippen molar-refractivity contribution >= 4 is 18.1 Å². The molecule has 0 aliphatic heterocycles. The van der Waals surface area contributed by atoms with Gasteiger partial charge in [0.15, 0.2) is 0 Å². The summed E-state index contributed by atoms with van der Waals surface area (Å²) >= 11 is 0. The molecule has 1 unspecified atom stereocenters. The van der Waals surface area contributed by atoms with Gasteiger partial charge in [0.05, 0.1) is 25.2 Å². The molecule has 0 heterocycles. The van der Waals surface area contributed by atoms with Gasteiger partial charge in [-0.3, -0.25) is 4.79 Å². The van der Waals surface area contributed by atoms with Crippen molar-refractivity contribution in [1.29, 1.82) is 0 Å². The van der Waals surface area contributed by atoms with Crippen LogP contribution in [0.25, 0.3) is 12.2 Å². The minimum atomic E-state index is -4.54. The minimum absolute atomic E-state index is 0.0218. The van der Waals surface area contributed by atoms with Crippen LogP contribution in [0.2, 0.25) is 0 Å². The Labute approximate surface area is 149 Å². The molecule has 0 aromatic heterocycles. The van der Waals surface area contributed by atoms with Crippen LogP contribution in [0.4, 0.5) is 13.2 Å². The molecule has 2 aromatic carbocycles. The summed E-state index contributed by atoms with van der Waals surface area (Å²) in [6.07, 6.45) is -3.03. The minimum Gasteiger partial charge on any atom is -0.469 e. The number of methoxy groups -OCH3 is 1. The first-order valence-electron chi connectivity index (χ1n) is 7.91. The lowest BCUT2D eigenvalue weighted by molar-refractivity contribution is -0.142. The van der Waals surface area contributed by atoms with Gasteiger partial charge in [0.1, 0.15) is 0 Å². The molecule has 0 amide bonds. The van der Waals surface area contributed by atoms with Crippen LogP contribution in [0.15, 0.2) is 42.5 Å². The Bertz CT molecular complexity index is 793. The number of carbonyl (C=O) groups is 1. The largest absolute Gasteiger partial charge is 0.469 e. The predicted molar refractivity (Wildman–Crippen MR) is 93.1 cm³/mol. The number of carbonyl (C=O) groups excluding carboxylic acids is 1. The molecule has 138 valence electrons. The molecule has 26 heavy (non-hydrogen) atoms. The van der Waals surface area contributed by atoms with Crippen LogP contribution in [-0.4, -0.2) is 18.2 Å². The van der Waals surface area contributed by atoms with E-state index < -0.39 is 30.2 Å². The van der Waals surface area contributed by atoms with E-state index in [-0.39, 0.29) is 5.56 Å². The summed E-state index contributed by atoms with van der Waals surface area (Å²) in [6, 6.07) is 10.7. The SMILES string of the molecule is COC(=O)CC(O)c1cc(C(F)(F)F)ccc1/C=C/c1ccc(C)cc1. The zero-order valence-electron chi connectivity index (χ0n) is 14.4. The van der Waals surface area contributed by atoms with E-state index >= 15 is 0 Å². The maximum absolute atomic E-state index is 13.0. The van der Waals surface area contributed by atoms with Crippen LogP contribution in [0, 0.1) is 6.92 Å². The molecule has 0 radical (unpaired) electrons. The molecule has 6 heteroatoms. The highest BCUT2D eigenvalue weighted by Crippen LogP contribution is 2.33. The topological polar surface area (TPSA) is 46.5 Å². The van der Waals surface area contributed by atoms with Gasteiger partial charge in [-0.15, -0.1) is 0 Å². The van der Waals surface area contributed by atoms with Gasteiger partial charge in [-0.25, -0.2) is 0 Å². The van der Waals surface area contributed by atoms with Crippen molar-refractivity contribution in [3.8, 4) is 0 Å². The van der Waals surface area contributed by atoms with Crippen LogP contribution < -0.4 is 0 Å². The molecule has 0 spiro atoms. The second-order valence-electron chi connectivity index (χ2n) is 5.88. The van der Waals surface area contributed by atoms with E-state index in [1.54, 1.807) is 12.2 Å². The third-order valence-electron chi connectivity index (χ3n) is 3.89. The number of alkyl halides is 3. The van der Waals surface area contributed by atoms with Crippen molar-refractivity contribution in [2.75, 3.05) is 7.11 Å². The summed E-state index contributed by atoms with van der Waals surface area (Å²) in [4.78, 5) is 11.4. The Morgan fingerprint density at radius 3 is 2.38 bits per heavy atom. The van der Waals surface area contributed by atoms with E-state index in [1.807, 2.05) is 31.2 Å². The third kappa shape index (κ3) is 5.20. The second kappa shape index (κ2) is 8.19. The molecule has 2 rings (SSSR count). The van der Waals surface area contributed by atoms with Crippen molar-refractivity contribution in [1.82, 2.24) is 0 Å². The van der Waals surface area contributed by atoms with Crippen molar-refractivity contribution < 1.29 is 27.8 Å². The Morgan fingerprint density at radius 1 is 1.15 bits per heavy atom. The average molecular weight is 364 g/mol. The first kappa shape index (κ1) is 19.7. The zero-order valence-corrected chi connectivity index (χ0v) is 14.4. The Kier molecular flexibility index (Phi) is 6.21. The monoisotopic (exact) mass is 364 g/mol. The molecule has 0 saturated carbocycles. The molecule has 2 aromatic rings. The molecule has 1 atom stereocenters. The Balaban J connectivity index is 2.40. The summed E-state index contributed by atoms with van der Waals surface area (Å²) in [5.74, 6) is -0.705.